The van der Waals surface area contributed by atoms with E-state index in [-0.39, 0.29) is 0 Å². The van der Waals surface area contributed by atoms with E-state index in [1.165, 1.54) is 0 Å². The van der Waals surface area contributed by atoms with Crippen LogP contribution in [0.5, 0.6) is 0 Å². The van der Waals surface area contributed by atoms with Crippen LogP contribution in [-0.2, 0) is 0 Å². The summed E-state index contributed by atoms with van der Waals surface area (Å²) in [6.45, 7) is 5.67. The van der Waals surface area contributed by atoms with Gasteiger partial charge in [-0.25, -0.2) is 0 Å². The van der Waals surface area contributed by atoms with E-state index < -0.39 is 6.10 Å². The Bertz CT molecular complexity index is 311. The Hall–Kier alpha value is -1.34. The van der Waals surface area contributed by atoms with Crippen molar-refractivity contribution in [3.8, 4) is 0 Å². The van der Waals surface area contributed by atoms with Crippen molar-refractivity contribution in [1.82, 2.24) is 0 Å². The highest BCUT2D eigenvalue weighted by molar-refractivity contribution is 5.49. The molecule has 1 heteroatoms. The Labute approximate surface area is 85.4 Å². The molecule has 0 aromatic heterocycles. The molecule has 1 atom stereocenters. The van der Waals surface area contributed by atoms with Gasteiger partial charge in [-0.1, -0.05) is 48.1 Å². The molecule has 1 rings (SSSR count). The Kier molecular flexibility index (Phi) is 4.14. The smallest absolute Gasteiger partial charge is 0.0761 e. The van der Waals surface area contributed by atoms with Gasteiger partial charge in [0.25, 0.3) is 0 Å². The van der Waals surface area contributed by atoms with Gasteiger partial charge in [-0.2, -0.15) is 0 Å². The molecule has 0 heterocycles. The summed E-state index contributed by atoms with van der Waals surface area (Å²) in [5.74, 6) is 0. The molecule has 14 heavy (non-hydrogen) atoms. The fraction of sp³-hybridized carbons (Fsp3) is 0.231. The second kappa shape index (κ2) is 5.40. The summed E-state index contributed by atoms with van der Waals surface area (Å²) in [5, 5.41) is 9.53. The van der Waals surface area contributed by atoms with E-state index in [2.05, 4.69) is 6.58 Å². The second-order valence-corrected chi connectivity index (χ2v) is 3.50. The van der Waals surface area contributed by atoms with Gasteiger partial charge in [0.15, 0.2) is 0 Å². The van der Waals surface area contributed by atoms with Gasteiger partial charge in [0, 0.05) is 0 Å². The molecular weight excluding hydrogens is 172 g/mol. The second-order valence-electron chi connectivity index (χ2n) is 3.50. The lowest BCUT2D eigenvalue weighted by Gasteiger charge is -2.03. The van der Waals surface area contributed by atoms with Gasteiger partial charge in [0.2, 0.25) is 0 Å². The van der Waals surface area contributed by atoms with Crippen molar-refractivity contribution < 1.29 is 5.11 Å². The zero-order valence-corrected chi connectivity index (χ0v) is 8.48. The molecule has 74 valence electrons. The first kappa shape index (κ1) is 10.7. The van der Waals surface area contributed by atoms with Crippen LogP contribution in [0.1, 0.15) is 18.9 Å². The highest BCUT2D eigenvalue weighted by Gasteiger charge is 1.97. The van der Waals surface area contributed by atoms with E-state index in [0.717, 1.165) is 11.1 Å². The Balaban J connectivity index is 2.52. The Morgan fingerprint density at radius 2 is 2.07 bits per heavy atom. The van der Waals surface area contributed by atoms with Crippen LogP contribution in [-0.4, -0.2) is 11.2 Å². The third-order valence-corrected chi connectivity index (χ3v) is 1.87. The highest BCUT2D eigenvalue weighted by Crippen LogP contribution is 2.06. The molecular formula is C13H16O. The summed E-state index contributed by atoms with van der Waals surface area (Å²) >= 11 is 0. The van der Waals surface area contributed by atoms with E-state index >= 15 is 0 Å². The van der Waals surface area contributed by atoms with E-state index in [9.17, 15) is 5.11 Å². The van der Waals surface area contributed by atoms with Crippen molar-refractivity contribution in [2.75, 3.05) is 0 Å². The predicted octanol–water partition coefficient (Wildman–Crippen LogP) is 3.03. The van der Waals surface area contributed by atoms with Crippen molar-refractivity contribution >= 4 is 6.08 Å². The van der Waals surface area contributed by atoms with Crippen LogP contribution in [0.3, 0.4) is 0 Å². The van der Waals surface area contributed by atoms with Gasteiger partial charge in [0.1, 0.15) is 0 Å². The van der Waals surface area contributed by atoms with Crippen molar-refractivity contribution in [3.63, 3.8) is 0 Å². The summed E-state index contributed by atoms with van der Waals surface area (Å²) in [7, 11) is 0. The minimum absolute atomic E-state index is 0.423. The molecule has 0 aliphatic rings. The van der Waals surface area contributed by atoms with Crippen LogP contribution >= 0.6 is 0 Å². The maximum absolute atomic E-state index is 9.53. The van der Waals surface area contributed by atoms with Crippen LogP contribution in [0.25, 0.3) is 6.08 Å². The maximum atomic E-state index is 9.53. The van der Waals surface area contributed by atoms with Gasteiger partial charge < -0.3 is 5.11 Å². The lowest BCUT2D eigenvalue weighted by Crippen LogP contribution is -2.01. The molecule has 1 aromatic rings. The average molecular weight is 188 g/mol. The molecule has 0 aliphatic carbocycles. The summed E-state index contributed by atoms with van der Waals surface area (Å²) in [4.78, 5) is 0. The standard InChI is InChI=1S/C13H16O/c1-11(2)10-13(14)9-8-12-6-4-3-5-7-12/h3-9,13-14H,1,10H2,2H3/b9-8+/t13-/m1/s1. The van der Waals surface area contributed by atoms with Crippen molar-refractivity contribution in [2.45, 2.75) is 19.4 Å². The van der Waals surface area contributed by atoms with Gasteiger partial charge in [-0.3, -0.25) is 0 Å². The Morgan fingerprint density at radius 3 is 2.64 bits per heavy atom. The summed E-state index contributed by atoms with van der Waals surface area (Å²) < 4.78 is 0. The molecule has 0 amide bonds. The topological polar surface area (TPSA) is 20.2 Å². The van der Waals surface area contributed by atoms with Gasteiger partial charge >= 0.3 is 0 Å². The molecule has 0 unspecified atom stereocenters. The highest BCUT2D eigenvalue weighted by atomic mass is 16.3. The SMILES string of the molecule is C=C(C)C[C@H](O)/C=C/c1ccccc1. The largest absolute Gasteiger partial charge is 0.389 e. The fourth-order valence-electron chi connectivity index (χ4n) is 1.21. The van der Waals surface area contributed by atoms with Gasteiger partial charge in [-0.15, -0.1) is 6.58 Å². The van der Waals surface area contributed by atoms with Crippen LogP contribution < -0.4 is 0 Å². The number of hydrogen-bond donors (Lipinski definition) is 1. The monoisotopic (exact) mass is 188 g/mol. The fourth-order valence-corrected chi connectivity index (χ4v) is 1.21. The minimum Gasteiger partial charge on any atom is -0.389 e. The van der Waals surface area contributed by atoms with Crippen LogP contribution in [0.15, 0.2) is 48.6 Å². The van der Waals surface area contributed by atoms with Crippen molar-refractivity contribution in [1.29, 1.82) is 0 Å². The first-order valence-electron chi connectivity index (χ1n) is 4.74. The lowest BCUT2D eigenvalue weighted by atomic mass is 10.1. The third-order valence-electron chi connectivity index (χ3n) is 1.87. The number of rotatable bonds is 4. The molecule has 1 nitrogen and oxygen atoms in total. The van der Waals surface area contributed by atoms with E-state index in [4.69, 9.17) is 0 Å². The zero-order chi connectivity index (χ0) is 10.4. The molecule has 0 spiro atoms. The molecule has 0 fully saturated rings. The maximum Gasteiger partial charge on any atom is 0.0761 e. The Morgan fingerprint density at radius 1 is 1.43 bits per heavy atom. The number of aliphatic hydroxyl groups is 1. The number of hydrogen-bond acceptors (Lipinski definition) is 1. The van der Waals surface area contributed by atoms with E-state index in [0.29, 0.717) is 6.42 Å². The van der Waals surface area contributed by atoms with E-state index in [1.54, 1.807) is 6.08 Å². The van der Waals surface area contributed by atoms with Crippen LogP contribution in [0.2, 0.25) is 0 Å². The molecule has 0 aliphatic heterocycles. The summed E-state index contributed by atoms with van der Waals surface area (Å²) in [6.07, 6.45) is 3.92. The summed E-state index contributed by atoms with van der Waals surface area (Å²) in [5.41, 5.74) is 2.10. The zero-order valence-electron chi connectivity index (χ0n) is 8.48. The quantitative estimate of drug-likeness (QED) is 0.720. The molecule has 0 saturated heterocycles. The van der Waals surface area contributed by atoms with E-state index in [1.807, 2.05) is 43.3 Å². The first-order chi connectivity index (χ1) is 6.68. The van der Waals surface area contributed by atoms with Gasteiger partial charge in [0.05, 0.1) is 6.10 Å². The lowest BCUT2D eigenvalue weighted by molar-refractivity contribution is 0.224. The molecule has 0 saturated carbocycles. The molecule has 1 N–H and O–H groups in total. The summed E-state index contributed by atoms with van der Waals surface area (Å²) in [6, 6.07) is 9.94. The normalized spacial score (nSPS) is 13.0. The first-order valence-corrected chi connectivity index (χ1v) is 4.74. The number of benzene rings is 1. The predicted molar refractivity (Wildman–Crippen MR) is 60.9 cm³/mol. The number of aliphatic hydroxyl groups excluding tert-OH is 1. The third kappa shape index (κ3) is 4.06. The molecule has 0 bridgehead atoms. The van der Waals surface area contributed by atoms with Gasteiger partial charge in [-0.05, 0) is 18.9 Å². The van der Waals surface area contributed by atoms with Crippen molar-refractivity contribution in [3.05, 3.63) is 54.1 Å². The van der Waals surface area contributed by atoms with Crippen LogP contribution in [0.4, 0.5) is 0 Å². The average Bonchev–Trinajstić information content (AvgIpc) is 2.15. The van der Waals surface area contributed by atoms with Crippen LogP contribution in [0, 0.1) is 0 Å². The van der Waals surface area contributed by atoms with Crippen molar-refractivity contribution in [2.24, 2.45) is 0 Å². The minimum atomic E-state index is -0.423. The molecule has 1 aromatic carbocycles. The molecule has 0 radical (unpaired) electrons.